The smallest absolute Gasteiger partial charge is 0.407 e. The fourth-order valence-corrected chi connectivity index (χ4v) is 2.19. The Morgan fingerprint density at radius 2 is 2.08 bits per heavy atom. The molecular formula is C17H22FN3O3. The molecule has 0 bridgehead atoms. The van der Waals surface area contributed by atoms with E-state index in [1.807, 2.05) is 6.07 Å². The minimum Gasteiger partial charge on any atom is -0.453 e. The number of alkyl carbamates (subject to hydrolysis) is 1. The minimum absolute atomic E-state index is 0.0545. The second-order valence-corrected chi connectivity index (χ2v) is 5.63. The number of benzene rings is 1. The zero-order valence-electron chi connectivity index (χ0n) is 14.3. The van der Waals surface area contributed by atoms with E-state index >= 15 is 0 Å². The number of carbonyl (C=O) groups excluding carboxylic acids is 2. The molecule has 0 saturated carbocycles. The first-order chi connectivity index (χ1) is 11.3. The van der Waals surface area contributed by atoms with Crippen LogP contribution in [0.25, 0.3) is 0 Å². The molecule has 1 N–H and O–H groups in total. The van der Waals surface area contributed by atoms with Crippen molar-refractivity contribution in [2.45, 2.75) is 33.4 Å². The maximum absolute atomic E-state index is 14.0. The Hall–Kier alpha value is -2.62. The van der Waals surface area contributed by atoms with Gasteiger partial charge >= 0.3 is 6.09 Å². The van der Waals surface area contributed by atoms with Crippen molar-refractivity contribution >= 4 is 12.0 Å². The number of rotatable bonds is 6. The van der Waals surface area contributed by atoms with Gasteiger partial charge < -0.3 is 15.0 Å². The monoisotopic (exact) mass is 335 g/mol. The van der Waals surface area contributed by atoms with E-state index in [1.54, 1.807) is 20.8 Å². The van der Waals surface area contributed by atoms with Crippen molar-refractivity contribution in [2.24, 2.45) is 5.92 Å². The number of halogens is 1. The van der Waals surface area contributed by atoms with Crippen molar-refractivity contribution in [1.82, 2.24) is 10.2 Å². The molecule has 0 aliphatic heterocycles. The number of amides is 2. The fourth-order valence-electron chi connectivity index (χ4n) is 2.19. The zero-order chi connectivity index (χ0) is 18.3. The van der Waals surface area contributed by atoms with Crippen LogP contribution in [0.15, 0.2) is 18.2 Å². The molecule has 0 fully saturated rings. The van der Waals surface area contributed by atoms with Gasteiger partial charge in [-0.05, 0) is 25.0 Å². The van der Waals surface area contributed by atoms with Crippen LogP contribution in [0.1, 0.15) is 31.9 Å². The topological polar surface area (TPSA) is 82.4 Å². The van der Waals surface area contributed by atoms with E-state index in [0.717, 1.165) is 6.07 Å². The molecule has 0 spiro atoms. The molecule has 6 nitrogen and oxygen atoms in total. The lowest BCUT2D eigenvalue weighted by molar-refractivity contribution is -0.134. The molecule has 1 atom stereocenters. The van der Waals surface area contributed by atoms with Crippen LogP contribution in [-0.2, 0) is 16.1 Å². The maximum Gasteiger partial charge on any atom is 0.407 e. The van der Waals surface area contributed by atoms with Gasteiger partial charge in [0.25, 0.3) is 0 Å². The number of ether oxygens (including phenoxy) is 1. The molecule has 0 aromatic heterocycles. The highest BCUT2D eigenvalue weighted by Crippen LogP contribution is 2.15. The standard InChI is InChI=1S/C17H22FN3O3/c1-5-21(10-13-7-6-12(9-19)8-14(13)18)16(22)15(11(2)3)20-17(23)24-4/h6-8,11,15H,5,10H2,1-4H3,(H,20,23)/t15-/m0/s1. The molecule has 2 amide bonds. The Morgan fingerprint density at radius 3 is 2.54 bits per heavy atom. The number of nitrogens with one attached hydrogen (secondary N) is 1. The molecule has 24 heavy (non-hydrogen) atoms. The third-order valence-electron chi connectivity index (χ3n) is 3.63. The first-order valence-corrected chi connectivity index (χ1v) is 7.65. The SMILES string of the molecule is CCN(Cc1ccc(C#N)cc1F)C(=O)[C@@H](NC(=O)OC)C(C)C. The molecule has 0 heterocycles. The summed E-state index contributed by atoms with van der Waals surface area (Å²) in [6.45, 7) is 5.78. The van der Waals surface area contributed by atoms with Crippen LogP contribution in [0.4, 0.5) is 9.18 Å². The highest BCUT2D eigenvalue weighted by Gasteiger charge is 2.28. The lowest BCUT2D eigenvalue weighted by Crippen LogP contribution is -2.51. The predicted molar refractivity (Wildman–Crippen MR) is 86.4 cm³/mol. The summed E-state index contributed by atoms with van der Waals surface area (Å²) in [5, 5.41) is 11.3. The first-order valence-electron chi connectivity index (χ1n) is 7.65. The van der Waals surface area contributed by atoms with Crippen molar-refractivity contribution in [3.05, 3.63) is 35.1 Å². The lowest BCUT2D eigenvalue weighted by atomic mass is 10.0. The van der Waals surface area contributed by atoms with Crippen LogP contribution in [0.5, 0.6) is 0 Å². The van der Waals surface area contributed by atoms with Gasteiger partial charge in [-0.3, -0.25) is 4.79 Å². The molecule has 1 rings (SSSR count). The lowest BCUT2D eigenvalue weighted by Gasteiger charge is -2.28. The molecule has 130 valence electrons. The fraction of sp³-hybridized carbons (Fsp3) is 0.471. The molecule has 1 aromatic carbocycles. The van der Waals surface area contributed by atoms with E-state index in [4.69, 9.17) is 5.26 Å². The summed E-state index contributed by atoms with van der Waals surface area (Å²) in [5.41, 5.74) is 0.530. The summed E-state index contributed by atoms with van der Waals surface area (Å²) in [6.07, 6.45) is -0.692. The van der Waals surface area contributed by atoms with E-state index in [9.17, 15) is 14.0 Å². The van der Waals surface area contributed by atoms with Gasteiger partial charge in [-0.2, -0.15) is 5.26 Å². The Bertz CT molecular complexity index is 640. The summed E-state index contributed by atoms with van der Waals surface area (Å²) in [7, 11) is 1.22. The Labute approximate surface area is 141 Å². The number of nitriles is 1. The molecular weight excluding hydrogens is 313 g/mol. The third kappa shape index (κ3) is 4.95. The van der Waals surface area contributed by atoms with Crippen LogP contribution in [0.3, 0.4) is 0 Å². The van der Waals surface area contributed by atoms with Gasteiger partial charge in [0.1, 0.15) is 11.9 Å². The van der Waals surface area contributed by atoms with Crippen LogP contribution < -0.4 is 5.32 Å². The molecule has 7 heteroatoms. The number of likely N-dealkylation sites (N-methyl/N-ethyl adjacent to an activating group) is 1. The van der Waals surface area contributed by atoms with Gasteiger partial charge in [0.15, 0.2) is 0 Å². The predicted octanol–water partition coefficient (Wildman–Crippen LogP) is 2.43. The number of nitrogens with zero attached hydrogens (tertiary/aromatic N) is 2. The normalized spacial score (nSPS) is 11.5. The van der Waals surface area contributed by atoms with Crippen LogP contribution in [-0.4, -0.2) is 36.6 Å². The number of methoxy groups -OCH3 is 1. The maximum atomic E-state index is 14.0. The van der Waals surface area contributed by atoms with Gasteiger partial charge in [-0.1, -0.05) is 19.9 Å². The first kappa shape index (κ1) is 19.4. The number of carbonyl (C=O) groups is 2. The molecule has 0 aliphatic carbocycles. The van der Waals surface area contributed by atoms with E-state index in [0.29, 0.717) is 12.1 Å². The minimum atomic E-state index is -0.765. The van der Waals surface area contributed by atoms with E-state index in [-0.39, 0.29) is 23.9 Å². The van der Waals surface area contributed by atoms with Gasteiger partial charge in [0.2, 0.25) is 5.91 Å². The largest absolute Gasteiger partial charge is 0.453 e. The number of hydrogen-bond donors (Lipinski definition) is 1. The summed E-state index contributed by atoms with van der Waals surface area (Å²) >= 11 is 0. The van der Waals surface area contributed by atoms with Gasteiger partial charge in [-0.25, -0.2) is 9.18 Å². The summed E-state index contributed by atoms with van der Waals surface area (Å²) in [6, 6.07) is 5.23. The number of hydrogen-bond acceptors (Lipinski definition) is 4. The summed E-state index contributed by atoms with van der Waals surface area (Å²) in [5.74, 6) is -1.01. The summed E-state index contributed by atoms with van der Waals surface area (Å²) < 4.78 is 18.6. The van der Waals surface area contributed by atoms with Crippen molar-refractivity contribution in [2.75, 3.05) is 13.7 Å². The molecule has 0 saturated heterocycles. The second kappa shape index (κ2) is 8.87. The summed E-state index contributed by atoms with van der Waals surface area (Å²) in [4.78, 5) is 25.6. The van der Waals surface area contributed by atoms with Crippen molar-refractivity contribution in [3.63, 3.8) is 0 Å². The molecule has 0 radical (unpaired) electrons. The second-order valence-electron chi connectivity index (χ2n) is 5.63. The highest BCUT2D eigenvalue weighted by molar-refractivity contribution is 5.85. The van der Waals surface area contributed by atoms with Gasteiger partial charge in [0.05, 0.1) is 18.7 Å². The molecule has 1 aromatic rings. The van der Waals surface area contributed by atoms with Crippen molar-refractivity contribution < 1.29 is 18.7 Å². The average Bonchev–Trinajstić information content (AvgIpc) is 2.57. The van der Waals surface area contributed by atoms with Gasteiger partial charge in [0, 0.05) is 18.7 Å². The quantitative estimate of drug-likeness (QED) is 0.865. The van der Waals surface area contributed by atoms with Gasteiger partial charge in [-0.15, -0.1) is 0 Å². The average molecular weight is 335 g/mol. The van der Waals surface area contributed by atoms with Crippen molar-refractivity contribution in [3.8, 4) is 6.07 Å². The van der Waals surface area contributed by atoms with E-state index in [1.165, 1.54) is 24.1 Å². The Balaban J connectivity index is 2.96. The Kier molecular flexibility index (Phi) is 7.18. The molecule has 0 unspecified atom stereocenters. The van der Waals surface area contributed by atoms with Crippen LogP contribution in [0.2, 0.25) is 0 Å². The van der Waals surface area contributed by atoms with Crippen LogP contribution >= 0.6 is 0 Å². The molecule has 0 aliphatic rings. The zero-order valence-corrected chi connectivity index (χ0v) is 14.3. The van der Waals surface area contributed by atoms with E-state index < -0.39 is 18.0 Å². The van der Waals surface area contributed by atoms with E-state index in [2.05, 4.69) is 10.1 Å². The Morgan fingerprint density at radius 1 is 1.42 bits per heavy atom. The van der Waals surface area contributed by atoms with Crippen LogP contribution in [0, 0.1) is 23.1 Å². The highest BCUT2D eigenvalue weighted by atomic mass is 19.1. The third-order valence-corrected chi connectivity index (χ3v) is 3.63. The van der Waals surface area contributed by atoms with Crippen molar-refractivity contribution in [1.29, 1.82) is 5.26 Å².